The van der Waals surface area contributed by atoms with Gasteiger partial charge in [0, 0.05) is 23.9 Å². The summed E-state index contributed by atoms with van der Waals surface area (Å²) in [6.07, 6.45) is 0. The number of methoxy groups -OCH3 is 1. The topological polar surface area (TPSA) is 54.3 Å². The third-order valence-corrected chi connectivity index (χ3v) is 3.85. The number of nitrogens with one attached hydrogen (secondary N) is 1. The van der Waals surface area contributed by atoms with E-state index in [0.717, 1.165) is 21.9 Å². The molecule has 0 unspecified atom stereocenters. The molecule has 4 nitrogen and oxygen atoms in total. The van der Waals surface area contributed by atoms with Crippen molar-refractivity contribution in [2.24, 2.45) is 0 Å². The molecule has 0 aliphatic rings. The van der Waals surface area contributed by atoms with E-state index < -0.39 is 0 Å². The Kier molecular flexibility index (Phi) is 5.61. The summed E-state index contributed by atoms with van der Waals surface area (Å²) in [5.41, 5.74) is 2.80. The van der Waals surface area contributed by atoms with Crippen LogP contribution in [-0.2, 0) is 11.3 Å². The molecule has 0 saturated heterocycles. The fraction of sp³-hybridized carbons (Fsp3) is 0.312. The second-order valence-corrected chi connectivity index (χ2v) is 5.60. The molecule has 0 aliphatic heterocycles. The van der Waals surface area contributed by atoms with Gasteiger partial charge in [-0.1, -0.05) is 6.07 Å². The van der Waals surface area contributed by atoms with E-state index in [-0.39, 0.29) is 0 Å². The number of rotatable bonds is 7. The highest BCUT2D eigenvalue weighted by atomic mass is 32.1. The maximum absolute atomic E-state index is 8.84. The van der Waals surface area contributed by atoms with E-state index in [2.05, 4.69) is 11.4 Å². The number of anilines is 1. The zero-order chi connectivity index (χ0) is 15.1. The number of nitriles is 1. The number of hydrogen-bond acceptors (Lipinski definition) is 5. The molecule has 0 spiro atoms. The lowest BCUT2D eigenvalue weighted by molar-refractivity contribution is 0.146. The van der Waals surface area contributed by atoms with Crippen molar-refractivity contribution in [3.63, 3.8) is 0 Å². The van der Waals surface area contributed by atoms with Crippen LogP contribution in [0.15, 0.2) is 29.6 Å². The third kappa shape index (κ3) is 4.48. The fourth-order valence-electron chi connectivity index (χ4n) is 1.84. The Morgan fingerprint density at radius 2 is 2.14 bits per heavy atom. The summed E-state index contributed by atoms with van der Waals surface area (Å²) in [6, 6.07) is 10.1. The lowest BCUT2D eigenvalue weighted by Crippen LogP contribution is -2.07. The van der Waals surface area contributed by atoms with E-state index >= 15 is 0 Å². The molecule has 0 saturated carbocycles. The number of aryl methyl sites for hydroxylation is 1. The molecule has 0 fully saturated rings. The van der Waals surface area contributed by atoms with Crippen LogP contribution in [0.4, 0.5) is 5.69 Å². The minimum atomic E-state index is 0.520. The zero-order valence-electron chi connectivity index (χ0n) is 12.2. The van der Waals surface area contributed by atoms with Gasteiger partial charge in [0.15, 0.2) is 0 Å². The van der Waals surface area contributed by atoms with Crippen molar-refractivity contribution < 1.29 is 9.47 Å². The molecule has 0 amide bonds. The average Bonchev–Trinajstić information content (AvgIpc) is 2.95. The molecule has 0 bridgehead atoms. The second-order valence-electron chi connectivity index (χ2n) is 4.61. The standard InChI is InChI=1S/C16H18N2O2S/c1-12-3-4-15(16(7-12)20-6-5-19-2)18-10-14-8-13(9-17)11-21-14/h3-4,7-8,11,18H,5-6,10H2,1-2H3. The molecule has 0 radical (unpaired) electrons. The van der Waals surface area contributed by atoms with Crippen LogP contribution in [0, 0.1) is 18.3 Å². The van der Waals surface area contributed by atoms with Crippen molar-refractivity contribution in [2.75, 3.05) is 25.6 Å². The Balaban J connectivity index is 2.02. The highest BCUT2D eigenvalue weighted by Crippen LogP contribution is 2.27. The molecule has 0 atom stereocenters. The summed E-state index contributed by atoms with van der Waals surface area (Å²) in [5, 5.41) is 14.1. The Labute approximate surface area is 128 Å². The zero-order valence-corrected chi connectivity index (χ0v) is 13.0. The smallest absolute Gasteiger partial charge is 0.142 e. The Morgan fingerprint density at radius 3 is 2.86 bits per heavy atom. The number of thiophene rings is 1. The van der Waals surface area contributed by atoms with Gasteiger partial charge in [-0.2, -0.15) is 5.26 Å². The molecule has 21 heavy (non-hydrogen) atoms. The van der Waals surface area contributed by atoms with Gasteiger partial charge in [-0.15, -0.1) is 11.3 Å². The number of hydrogen-bond donors (Lipinski definition) is 1. The van der Waals surface area contributed by atoms with E-state index in [1.165, 1.54) is 0 Å². The van der Waals surface area contributed by atoms with Gasteiger partial charge in [-0.05, 0) is 30.7 Å². The van der Waals surface area contributed by atoms with Gasteiger partial charge in [0.1, 0.15) is 18.4 Å². The third-order valence-electron chi connectivity index (χ3n) is 2.92. The van der Waals surface area contributed by atoms with E-state index in [1.54, 1.807) is 18.4 Å². The normalized spacial score (nSPS) is 10.1. The summed E-state index contributed by atoms with van der Waals surface area (Å²) in [7, 11) is 1.66. The molecule has 5 heteroatoms. The molecule has 0 aliphatic carbocycles. The van der Waals surface area contributed by atoms with Crippen molar-refractivity contribution in [2.45, 2.75) is 13.5 Å². The quantitative estimate of drug-likeness (QED) is 0.794. The number of ether oxygens (including phenoxy) is 2. The van der Waals surface area contributed by atoms with Gasteiger partial charge in [-0.25, -0.2) is 0 Å². The van der Waals surface area contributed by atoms with Gasteiger partial charge in [0.2, 0.25) is 0 Å². The minimum Gasteiger partial charge on any atom is -0.489 e. The van der Waals surface area contributed by atoms with Gasteiger partial charge >= 0.3 is 0 Å². The van der Waals surface area contributed by atoms with Crippen molar-refractivity contribution in [3.05, 3.63) is 45.6 Å². The summed E-state index contributed by atoms with van der Waals surface area (Å²) >= 11 is 1.58. The second kappa shape index (κ2) is 7.67. The minimum absolute atomic E-state index is 0.520. The number of nitrogens with zero attached hydrogens (tertiary/aromatic N) is 1. The SMILES string of the molecule is COCCOc1cc(C)ccc1NCc1cc(C#N)cs1. The van der Waals surface area contributed by atoms with Crippen LogP contribution >= 0.6 is 11.3 Å². The first-order chi connectivity index (χ1) is 10.2. The molecule has 1 aromatic heterocycles. The first-order valence-corrected chi connectivity index (χ1v) is 7.54. The predicted molar refractivity (Wildman–Crippen MR) is 84.9 cm³/mol. The van der Waals surface area contributed by atoms with Gasteiger partial charge < -0.3 is 14.8 Å². The maximum Gasteiger partial charge on any atom is 0.142 e. The predicted octanol–water partition coefficient (Wildman–Crippen LogP) is 3.57. The fourth-order valence-corrected chi connectivity index (χ4v) is 2.59. The van der Waals surface area contributed by atoms with Gasteiger partial charge in [0.25, 0.3) is 0 Å². The van der Waals surface area contributed by atoms with Crippen LogP contribution in [0.1, 0.15) is 16.0 Å². The number of benzene rings is 1. The first kappa shape index (κ1) is 15.4. The summed E-state index contributed by atoms with van der Waals surface area (Å²) in [4.78, 5) is 1.12. The highest BCUT2D eigenvalue weighted by Gasteiger charge is 2.05. The molecule has 1 N–H and O–H groups in total. The summed E-state index contributed by atoms with van der Waals surface area (Å²) < 4.78 is 10.7. The van der Waals surface area contributed by atoms with Crippen LogP contribution in [0.5, 0.6) is 5.75 Å². The average molecular weight is 302 g/mol. The molecular weight excluding hydrogens is 284 g/mol. The van der Waals surface area contributed by atoms with Crippen molar-refractivity contribution >= 4 is 17.0 Å². The van der Waals surface area contributed by atoms with E-state index in [9.17, 15) is 0 Å². The van der Waals surface area contributed by atoms with Crippen LogP contribution in [0.2, 0.25) is 0 Å². The maximum atomic E-state index is 8.84. The molecular formula is C16H18N2O2S. The Hall–Kier alpha value is -2.03. The van der Waals surface area contributed by atoms with E-state index in [0.29, 0.717) is 25.3 Å². The monoisotopic (exact) mass is 302 g/mol. The lowest BCUT2D eigenvalue weighted by Gasteiger charge is -2.13. The van der Waals surface area contributed by atoms with Crippen LogP contribution in [0.3, 0.4) is 0 Å². The summed E-state index contributed by atoms with van der Waals surface area (Å²) in [5.74, 6) is 0.823. The Morgan fingerprint density at radius 1 is 1.29 bits per heavy atom. The van der Waals surface area contributed by atoms with E-state index in [1.807, 2.05) is 36.6 Å². The highest BCUT2D eigenvalue weighted by molar-refractivity contribution is 7.10. The van der Waals surface area contributed by atoms with Crippen molar-refractivity contribution in [3.8, 4) is 11.8 Å². The van der Waals surface area contributed by atoms with Crippen LogP contribution < -0.4 is 10.1 Å². The summed E-state index contributed by atoms with van der Waals surface area (Å²) in [6.45, 7) is 3.79. The van der Waals surface area contributed by atoms with Gasteiger partial charge in [-0.3, -0.25) is 0 Å². The lowest BCUT2D eigenvalue weighted by atomic mass is 10.2. The van der Waals surface area contributed by atoms with E-state index in [4.69, 9.17) is 14.7 Å². The Bertz CT molecular complexity index is 631. The van der Waals surface area contributed by atoms with Gasteiger partial charge in [0.05, 0.1) is 17.9 Å². The van der Waals surface area contributed by atoms with Crippen LogP contribution in [-0.4, -0.2) is 20.3 Å². The molecule has 1 aromatic carbocycles. The molecule has 1 heterocycles. The largest absolute Gasteiger partial charge is 0.489 e. The molecule has 2 aromatic rings. The van der Waals surface area contributed by atoms with Crippen molar-refractivity contribution in [1.82, 2.24) is 0 Å². The van der Waals surface area contributed by atoms with Crippen LogP contribution in [0.25, 0.3) is 0 Å². The van der Waals surface area contributed by atoms with Crippen molar-refractivity contribution in [1.29, 1.82) is 5.26 Å². The molecule has 110 valence electrons. The first-order valence-electron chi connectivity index (χ1n) is 6.66. The molecule has 2 rings (SSSR count).